The van der Waals surface area contributed by atoms with E-state index in [0.29, 0.717) is 23.0 Å². The molecule has 8 nitrogen and oxygen atoms in total. The maximum absolute atomic E-state index is 11.8. The third-order valence-electron chi connectivity index (χ3n) is 4.07. The van der Waals surface area contributed by atoms with E-state index < -0.39 is 11.9 Å². The summed E-state index contributed by atoms with van der Waals surface area (Å²) < 4.78 is 20.3. The normalized spacial score (nSPS) is 10.4. The summed E-state index contributed by atoms with van der Waals surface area (Å²) >= 11 is 2.91. The second-order valence-electron chi connectivity index (χ2n) is 6.31. The summed E-state index contributed by atoms with van der Waals surface area (Å²) in [7, 11) is 2.95. The lowest BCUT2D eigenvalue weighted by Crippen LogP contribution is -2.12. The Hall–Kier alpha value is -2.72. The van der Waals surface area contributed by atoms with Crippen molar-refractivity contribution in [3.63, 3.8) is 0 Å². The Kier molecular flexibility index (Phi) is 10.9. The number of phenolic OH excluding ortho intramolecular Hbond substituents is 2. The molecule has 0 aromatic heterocycles. The number of hydrogen-bond acceptors (Lipinski definition) is 10. The third kappa shape index (κ3) is 8.80. The van der Waals surface area contributed by atoms with E-state index >= 15 is 0 Å². The van der Waals surface area contributed by atoms with Crippen molar-refractivity contribution < 1.29 is 38.7 Å². The number of thioether (sulfide) groups is 2. The van der Waals surface area contributed by atoms with Crippen molar-refractivity contribution in [1.29, 1.82) is 0 Å². The van der Waals surface area contributed by atoms with Gasteiger partial charge >= 0.3 is 11.9 Å². The van der Waals surface area contributed by atoms with Crippen molar-refractivity contribution in [3.05, 3.63) is 36.4 Å². The number of ether oxygens (including phenoxy) is 4. The van der Waals surface area contributed by atoms with Gasteiger partial charge in [-0.05, 0) is 36.4 Å². The zero-order valence-corrected chi connectivity index (χ0v) is 19.5. The van der Waals surface area contributed by atoms with Gasteiger partial charge in [0.25, 0.3) is 0 Å². The molecule has 0 aliphatic carbocycles. The molecule has 2 aromatic carbocycles. The monoisotopic (exact) mass is 482 g/mol. The molecule has 174 valence electrons. The second kappa shape index (κ2) is 13.6. The molecule has 0 unspecified atom stereocenters. The highest BCUT2D eigenvalue weighted by Gasteiger charge is 2.10. The number of phenols is 2. The summed E-state index contributed by atoms with van der Waals surface area (Å²) in [6, 6.07) is 9.98. The molecule has 2 aromatic rings. The minimum atomic E-state index is -0.462. The van der Waals surface area contributed by atoms with Crippen LogP contribution in [0.4, 0.5) is 0 Å². The van der Waals surface area contributed by atoms with E-state index in [1.54, 1.807) is 36.4 Å². The van der Waals surface area contributed by atoms with Gasteiger partial charge in [0.1, 0.15) is 13.2 Å². The van der Waals surface area contributed by atoms with Crippen LogP contribution >= 0.6 is 23.5 Å². The van der Waals surface area contributed by atoms with Crippen LogP contribution in [-0.2, 0) is 19.1 Å². The first-order chi connectivity index (χ1) is 15.4. The number of carbonyl (C=O) groups excluding carboxylic acids is 2. The van der Waals surface area contributed by atoms with Gasteiger partial charge in [0.15, 0.2) is 23.0 Å². The maximum Gasteiger partial charge on any atom is 0.306 e. The average molecular weight is 483 g/mol. The molecule has 32 heavy (non-hydrogen) atoms. The summed E-state index contributed by atoms with van der Waals surface area (Å²) in [6.45, 7) is 0.406. The van der Waals surface area contributed by atoms with Gasteiger partial charge in [-0.2, -0.15) is 0 Å². The fourth-order valence-corrected chi connectivity index (χ4v) is 3.99. The number of carbonyl (C=O) groups is 2. The van der Waals surface area contributed by atoms with E-state index in [4.69, 9.17) is 18.9 Å². The van der Waals surface area contributed by atoms with Crippen LogP contribution in [0.1, 0.15) is 12.8 Å². The predicted octanol–water partition coefficient (Wildman–Crippen LogP) is 3.87. The van der Waals surface area contributed by atoms with Crippen LogP contribution in [0.3, 0.4) is 0 Å². The minimum Gasteiger partial charge on any atom is -0.504 e. The van der Waals surface area contributed by atoms with Crippen molar-refractivity contribution in [2.45, 2.75) is 22.6 Å². The van der Waals surface area contributed by atoms with E-state index in [-0.39, 0.29) is 37.6 Å². The lowest BCUT2D eigenvalue weighted by molar-refractivity contribution is -0.149. The zero-order valence-electron chi connectivity index (χ0n) is 17.9. The van der Waals surface area contributed by atoms with Crippen molar-refractivity contribution in [2.75, 3.05) is 38.9 Å². The Morgan fingerprint density at radius 3 is 1.53 bits per heavy atom. The molecule has 0 aliphatic heterocycles. The number of rotatable bonds is 13. The van der Waals surface area contributed by atoms with Crippen molar-refractivity contribution >= 4 is 35.5 Å². The van der Waals surface area contributed by atoms with Crippen molar-refractivity contribution in [1.82, 2.24) is 0 Å². The van der Waals surface area contributed by atoms with Crippen LogP contribution in [0.5, 0.6) is 23.0 Å². The summed E-state index contributed by atoms with van der Waals surface area (Å²) in [5.74, 6) is 1.03. The Morgan fingerprint density at radius 2 is 1.16 bits per heavy atom. The molecule has 0 fully saturated rings. The molecular weight excluding hydrogens is 456 g/mol. The minimum absolute atomic E-state index is 0.0428. The quantitative estimate of drug-likeness (QED) is 0.248. The van der Waals surface area contributed by atoms with Gasteiger partial charge in [-0.15, -0.1) is 23.5 Å². The van der Waals surface area contributed by atoms with Gasteiger partial charge in [0.2, 0.25) is 0 Å². The van der Waals surface area contributed by atoms with Crippen LogP contribution < -0.4 is 9.47 Å². The highest BCUT2D eigenvalue weighted by molar-refractivity contribution is 7.99. The fourth-order valence-electron chi connectivity index (χ4n) is 2.47. The zero-order chi connectivity index (χ0) is 23.3. The van der Waals surface area contributed by atoms with E-state index in [1.165, 1.54) is 37.7 Å². The summed E-state index contributed by atoms with van der Waals surface area (Å²) in [6.07, 6.45) is -0.0856. The van der Waals surface area contributed by atoms with Gasteiger partial charge in [-0.25, -0.2) is 0 Å². The molecule has 2 N–H and O–H groups in total. The number of esters is 2. The molecule has 10 heteroatoms. The number of methoxy groups -OCH3 is 2. The van der Waals surface area contributed by atoms with Gasteiger partial charge in [-0.1, -0.05) is 0 Å². The SMILES string of the molecule is COc1cc(SCCOC(=O)CCC(=O)OCCSc2ccc(O)c(OC)c2)ccc1O. The lowest BCUT2D eigenvalue weighted by atomic mass is 10.3. The van der Waals surface area contributed by atoms with Gasteiger partial charge in [0.05, 0.1) is 27.1 Å². The standard InChI is InChI=1S/C22H26O8S2/c1-27-19-13-15(3-5-17(19)23)31-11-9-29-21(25)7-8-22(26)30-10-12-32-16-4-6-18(24)20(14-16)28-2/h3-6,13-14,23-24H,7-12H2,1-2H3. The topological polar surface area (TPSA) is 112 Å². The summed E-state index contributed by atoms with van der Waals surface area (Å²) in [5, 5.41) is 19.2. The summed E-state index contributed by atoms with van der Waals surface area (Å²) in [5.41, 5.74) is 0. The Balaban J connectivity index is 1.55. The van der Waals surface area contributed by atoms with E-state index in [1.807, 2.05) is 0 Å². The largest absolute Gasteiger partial charge is 0.504 e. The summed E-state index contributed by atoms with van der Waals surface area (Å²) in [4.78, 5) is 25.3. The number of hydrogen-bond donors (Lipinski definition) is 2. The molecule has 2 rings (SSSR count). The molecule has 0 radical (unpaired) electrons. The van der Waals surface area contributed by atoms with Crippen LogP contribution in [-0.4, -0.2) is 61.1 Å². The van der Waals surface area contributed by atoms with Crippen LogP contribution in [0.25, 0.3) is 0 Å². The first-order valence-electron chi connectivity index (χ1n) is 9.73. The molecular formula is C22H26O8S2. The third-order valence-corrected chi connectivity index (χ3v) is 5.98. The molecule has 0 atom stereocenters. The van der Waals surface area contributed by atoms with Crippen LogP contribution in [0.2, 0.25) is 0 Å². The molecule has 0 aliphatic rings. The van der Waals surface area contributed by atoms with Crippen LogP contribution in [0.15, 0.2) is 46.2 Å². The Morgan fingerprint density at radius 1 is 0.750 bits per heavy atom. The van der Waals surface area contributed by atoms with Gasteiger partial charge in [0, 0.05) is 21.3 Å². The molecule has 0 amide bonds. The van der Waals surface area contributed by atoms with E-state index in [0.717, 1.165) is 9.79 Å². The smallest absolute Gasteiger partial charge is 0.306 e. The second-order valence-corrected chi connectivity index (χ2v) is 8.64. The highest BCUT2D eigenvalue weighted by Crippen LogP contribution is 2.31. The Labute approximate surface area is 195 Å². The predicted molar refractivity (Wildman–Crippen MR) is 122 cm³/mol. The first-order valence-corrected chi connectivity index (χ1v) is 11.7. The average Bonchev–Trinajstić information content (AvgIpc) is 2.80. The fraction of sp³-hybridized carbons (Fsp3) is 0.364. The Bertz CT molecular complexity index is 830. The molecule has 0 saturated heterocycles. The maximum atomic E-state index is 11.8. The van der Waals surface area contributed by atoms with Gasteiger partial charge in [-0.3, -0.25) is 9.59 Å². The number of aromatic hydroxyl groups is 2. The van der Waals surface area contributed by atoms with Gasteiger partial charge < -0.3 is 29.2 Å². The molecule has 0 spiro atoms. The lowest BCUT2D eigenvalue weighted by Gasteiger charge is -2.08. The van der Waals surface area contributed by atoms with E-state index in [2.05, 4.69) is 0 Å². The highest BCUT2D eigenvalue weighted by atomic mass is 32.2. The first kappa shape index (κ1) is 25.5. The number of benzene rings is 2. The molecule has 0 heterocycles. The van der Waals surface area contributed by atoms with Crippen molar-refractivity contribution in [2.24, 2.45) is 0 Å². The van der Waals surface area contributed by atoms with Crippen LogP contribution in [0, 0.1) is 0 Å². The van der Waals surface area contributed by atoms with E-state index in [9.17, 15) is 19.8 Å². The molecule has 0 saturated carbocycles. The molecule has 0 bridgehead atoms. The van der Waals surface area contributed by atoms with Crippen molar-refractivity contribution in [3.8, 4) is 23.0 Å².